The van der Waals surface area contributed by atoms with Crippen LogP contribution in [0.3, 0.4) is 0 Å². The molecule has 0 spiro atoms. The molecule has 2 rings (SSSR count). The van der Waals surface area contributed by atoms with Gasteiger partial charge in [0.15, 0.2) is 0 Å². The number of halogens is 1. The summed E-state index contributed by atoms with van der Waals surface area (Å²) in [5.41, 5.74) is 0. The Balaban J connectivity index is 0.00000220. The zero-order valence-corrected chi connectivity index (χ0v) is 14.4. The molecule has 0 aliphatic carbocycles. The number of hydrogen-bond acceptors (Lipinski definition) is 5. The molecule has 2 heterocycles. The van der Waals surface area contributed by atoms with Crippen molar-refractivity contribution >= 4 is 34.8 Å². The van der Waals surface area contributed by atoms with Gasteiger partial charge in [-0.15, -0.1) is 22.6 Å². The first-order valence-corrected chi connectivity index (χ1v) is 8.38. The number of amides is 1. The van der Waals surface area contributed by atoms with Gasteiger partial charge >= 0.3 is 0 Å². The van der Waals surface area contributed by atoms with Crippen LogP contribution in [0.5, 0.6) is 0 Å². The Bertz CT molecular complexity index is 430. The molecule has 7 heteroatoms. The molecular weight excluding hydrogens is 308 g/mol. The van der Waals surface area contributed by atoms with Crippen LogP contribution in [0.25, 0.3) is 0 Å². The highest BCUT2D eigenvalue weighted by molar-refractivity contribution is 7.15. The fraction of sp³-hybridized carbons (Fsp3) is 0.786. The van der Waals surface area contributed by atoms with Gasteiger partial charge in [-0.05, 0) is 44.7 Å². The lowest BCUT2D eigenvalue weighted by molar-refractivity contribution is -0.116. The number of nitrogens with zero attached hydrogens (tertiary/aromatic N) is 2. The van der Waals surface area contributed by atoms with Gasteiger partial charge < -0.3 is 10.6 Å². The maximum absolute atomic E-state index is 11.9. The average Bonchev–Trinajstić information content (AvgIpc) is 3.10. The summed E-state index contributed by atoms with van der Waals surface area (Å²) >= 11 is 1.51. The zero-order chi connectivity index (χ0) is 14.4. The monoisotopic (exact) mass is 332 g/mol. The van der Waals surface area contributed by atoms with Crippen LogP contribution in [-0.4, -0.2) is 29.2 Å². The molecule has 0 radical (unpaired) electrons. The molecule has 1 fully saturated rings. The third-order valence-corrected chi connectivity index (χ3v) is 4.97. The summed E-state index contributed by atoms with van der Waals surface area (Å²) in [6.45, 7) is 6.44. The van der Waals surface area contributed by atoms with Gasteiger partial charge in [-0.3, -0.25) is 4.79 Å². The van der Waals surface area contributed by atoms with Crippen molar-refractivity contribution in [3.8, 4) is 0 Å². The van der Waals surface area contributed by atoms with Crippen LogP contribution in [0.15, 0.2) is 0 Å². The van der Waals surface area contributed by atoms with Gasteiger partial charge in [-0.25, -0.2) is 0 Å². The maximum Gasteiger partial charge on any atom is 0.226 e. The molecule has 120 valence electrons. The standard InChI is InChI=1S/C14H24N4OS.ClH/c1-3-11(4-2)13-17-18-14(20-13)16-12(19)6-5-10-7-8-15-9-10;/h10-11,15H,3-9H2,1-2H3,(H,16,18,19);1H. The normalized spacial score (nSPS) is 17.8. The first-order chi connectivity index (χ1) is 9.72. The first kappa shape index (κ1) is 18.3. The molecule has 5 nitrogen and oxygen atoms in total. The molecule has 1 aliphatic heterocycles. The minimum atomic E-state index is 0. The molecule has 1 saturated heterocycles. The van der Waals surface area contributed by atoms with Crippen LogP contribution in [0, 0.1) is 5.92 Å². The number of rotatable bonds is 7. The van der Waals surface area contributed by atoms with Crippen molar-refractivity contribution in [1.29, 1.82) is 0 Å². The quantitative estimate of drug-likeness (QED) is 0.804. The lowest BCUT2D eigenvalue weighted by Crippen LogP contribution is -2.14. The molecule has 2 N–H and O–H groups in total. The molecule has 1 unspecified atom stereocenters. The topological polar surface area (TPSA) is 66.9 Å². The molecule has 0 aromatic carbocycles. The van der Waals surface area contributed by atoms with E-state index in [1.54, 1.807) is 0 Å². The fourth-order valence-corrected chi connectivity index (χ4v) is 3.59. The molecule has 1 aromatic heterocycles. The molecule has 0 saturated carbocycles. The van der Waals surface area contributed by atoms with E-state index in [9.17, 15) is 4.79 Å². The van der Waals surface area contributed by atoms with Crippen molar-refractivity contribution in [3.05, 3.63) is 5.01 Å². The van der Waals surface area contributed by atoms with E-state index in [0.29, 0.717) is 23.4 Å². The average molecular weight is 333 g/mol. The molecular formula is C14H25ClN4OS. The van der Waals surface area contributed by atoms with E-state index in [0.717, 1.165) is 37.4 Å². The lowest BCUT2D eigenvalue weighted by Gasteiger charge is -2.07. The maximum atomic E-state index is 11.9. The van der Waals surface area contributed by atoms with E-state index < -0.39 is 0 Å². The van der Waals surface area contributed by atoms with Gasteiger partial charge in [0.05, 0.1) is 0 Å². The van der Waals surface area contributed by atoms with Crippen LogP contribution in [0.1, 0.15) is 56.9 Å². The summed E-state index contributed by atoms with van der Waals surface area (Å²) in [7, 11) is 0. The second-order valence-electron chi connectivity index (χ2n) is 5.40. The van der Waals surface area contributed by atoms with E-state index in [1.165, 1.54) is 17.8 Å². The van der Waals surface area contributed by atoms with E-state index in [2.05, 4.69) is 34.7 Å². The van der Waals surface area contributed by atoms with Crippen molar-refractivity contribution in [2.45, 2.75) is 51.9 Å². The summed E-state index contributed by atoms with van der Waals surface area (Å²) in [5.74, 6) is 1.17. The van der Waals surface area contributed by atoms with Gasteiger partial charge in [0, 0.05) is 12.3 Å². The number of carbonyl (C=O) groups is 1. The minimum Gasteiger partial charge on any atom is -0.316 e. The van der Waals surface area contributed by atoms with Gasteiger partial charge in [0.1, 0.15) is 5.01 Å². The SMILES string of the molecule is CCC(CC)c1nnc(NC(=O)CCC2CCNC2)s1.Cl. The Morgan fingerprint density at radius 2 is 2.19 bits per heavy atom. The van der Waals surface area contributed by atoms with Gasteiger partial charge in [-0.1, -0.05) is 25.2 Å². The van der Waals surface area contributed by atoms with E-state index >= 15 is 0 Å². The summed E-state index contributed by atoms with van der Waals surface area (Å²) in [5, 5.41) is 16.1. The Morgan fingerprint density at radius 3 is 2.81 bits per heavy atom. The van der Waals surface area contributed by atoms with Gasteiger partial charge in [0.25, 0.3) is 0 Å². The molecule has 21 heavy (non-hydrogen) atoms. The highest BCUT2D eigenvalue weighted by Crippen LogP contribution is 2.28. The predicted molar refractivity (Wildman–Crippen MR) is 89.3 cm³/mol. The van der Waals surface area contributed by atoms with Crippen LogP contribution < -0.4 is 10.6 Å². The first-order valence-electron chi connectivity index (χ1n) is 7.56. The van der Waals surface area contributed by atoms with Crippen molar-refractivity contribution in [2.75, 3.05) is 18.4 Å². The van der Waals surface area contributed by atoms with Crippen LogP contribution in [-0.2, 0) is 4.79 Å². The highest BCUT2D eigenvalue weighted by Gasteiger charge is 2.17. The van der Waals surface area contributed by atoms with Crippen molar-refractivity contribution in [2.24, 2.45) is 5.92 Å². The predicted octanol–water partition coefficient (Wildman–Crippen LogP) is 3.19. The Hall–Kier alpha value is -0.720. The van der Waals surface area contributed by atoms with Crippen LogP contribution in [0.2, 0.25) is 0 Å². The summed E-state index contributed by atoms with van der Waals surface area (Å²) in [6, 6.07) is 0. The summed E-state index contributed by atoms with van der Waals surface area (Å²) < 4.78 is 0. The lowest BCUT2D eigenvalue weighted by atomic mass is 10.0. The molecule has 1 amide bonds. The third kappa shape index (κ3) is 5.52. The fourth-order valence-electron chi connectivity index (χ4n) is 2.57. The Kier molecular flexibility index (Phi) is 8.14. The van der Waals surface area contributed by atoms with E-state index in [4.69, 9.17) is 0 Å². The van der Waals surface area contributed by atoms with Gasteiger partial charge in [-0.2, -0.15) is 0 Å². The number of nitrogens with one attached hydrogen (secondary N) is 2. The van der Waals surface area contributed by atoms with Crippen LogP contribution in [0.4, 0.5) is 5.13 Å². The van der Waals surface area contributed by atoms with Crippen molar-refractivity contribution in [3.63, 3.8) is 0 Å². The number of carbonyl (C=O) groups excluding carboxylic acids is 1. The molecule has 1 aromatic rings. The van der Waals surface area contributed by atoms with E-state index in [-0.39, 0.29) is 18.3 Å². The number of aromatic nitrogens is 2. The third-order valence-electron chi connectivity index (χ3n) is 3.96. The summed E-state index contributed by atoms with van der Waals surface area (Å²) in [6.07, 6.45) is 4.84. The number of anilines is 1. The Morgan fingerprint density at radius 1 is 1.43 bits per heavy atom. The molecule has 1 atom stereocenters. The molecule has 1 aliphatic rings. The summed E-state index contributed by atoms with van der Waals surface area (Å²) in [4.78, 5) is 11.9. The zero-order valence-electron chi connectivity index (χ0n) is 12.7. The smallest absolute Gasteiger partial charge is 0.226 e. The Labute approximate surface area is 136 Å². The largest absolute Gasteiger partial charge is 0.316 e. The second kappa shape index (κ2) is 9.33. The minimum absolute atomic E-state index is 0. The van der Waals surface area contributed by atoms with E-state index in [1.807, 2.05) is 0 Å². The van der Waals surface area contributed by atoms with Crippen molar-refractivity contribution < 1.29 is 4.79 Å². The van der Waals surface area contributed by atoms with Crippen molar-refractivity contribution in [1.82, 2.24) is 15.5 Å². The molecule has 0 bridgehead atoms. The highest BCUT2D eigenvalue weighted by atomic mass is 35.5. The van der Waals surface area contributed by atoms with Crippen LogP contribution >= 0.6 is 23.7 Å². The second-order valence-corrected chi connectivity index (χ2v) is 6.41. The number of hydrogen-bond donors (Lipinski definition) is 2. The van der Waals surface area contributed by atoms with Gasteiger partial charge in [0.2, 0.25) is 11.0 Å².